The van der Waals surface area contributed by atoms with Gasteiger partial charge in [0.1, 0.15) is 11.5 Å². The number of nitrogens with zero attached hydrogens (tertiary/aromatic N) is 4. The van der Waals surface area contributed by atoms with Crippen LogP contribution in [0.1, 0.15) is 5.69 Å². The highest BCUT2D eigenvalue weighted by Crippen LogP contribution is 2.27. The van der Waals surface area contributed by atoms with Gasteiger partial charge in [0, 0.05) is 36.9 Å². The Bertz CT molecular complexity index is 1410. The van der Waals surface area contributed by atoms with E-state index in [1.807, 2.05) is 37.3 Å². The third kappa shape index (κ3) is 4.12. The molecule has 10 nitrogen and oxygen atoms in total. The van der Waals surface area contributed by atoms with E-state index < -0.39 is 14.8 Å². The second-order valence-electron chi connectivity index (χ2n) is 7.10. The summed E-state index contributed by atoms with van der Waals surface area (Å²) in [7, 11) is -3.53. The maximum atomic E-state index is 11.7. The van der Waals surface area contributed by atoms with E-state index in [-0.39, 0.29) is 16.3 Å². The Balaban J connectivity index is 1.53. The Kier molecular flexibility index (Phi) is 5.19. The van der Waals surface area contributed by atoms with Gasteiger partial charge in [-0.2, -0.15) is 5.10 Å². The summed E-state index contributed by atoms with van der Waals surface area (Å²) in [6.45, 7) is 2.70. The standard InChI is InChI=1S/C20H20N6O4S/c1-13-11-19-23-20(15-5-3-4-6-17(15)25(19)24-13)22-10-9-21-16-8-7-14(31(2,29)30)12-18(16)26(27)28/h3-8,11-12,21H,9-10H2,1-2H3,(H,22,23). The van der Waals surface area contributed by atoms with E-state index in [1.54, 1.807) is 4.52 Å². The summed E-state index contributed by atoms with van der Waals surface area (Å²) in [5.41, 5.74) is 2.46. The largest absolute Gasteiger partial charge is 0.378 e. The van der Waals surface area contributed by atoms with Gasteiger partial charge >= 0.3 is 0 Å². The monoisotopic (exact) mass is 440 g/mol. The average molecular weight is 440 g/mol. The summed E-state index contributed by atoms with van der Waals surface area (Å²) in [5.74, 6) is 0.687. The zero-order valence-electron chi connectivity index (χ0n) is 16.9. The molecule has 11 heteroatoms. The molecule has 0 saturated heterocycles. The molecule has 0 unspecified atom stereocenters. The number of fused-ring (bicyclic) bond motifs is 3. The molecule has 4 rings (SSSR count). The minimum Gasteiger partial charge on any atom is -0.378 e. The van der Waals surface area contributed by atoms with E-state index in [9.17, 15) is 18.5 Å². The number of nitrogens with one attached hydrogen (secondary N) is 2. The Morgan fingerprint density at radius 1 is 1.10 bits per heavy atom. The number of hydrogen-bond acceptors (Lipinski definition) is 8. The first-order valence-electron chi connectivity index (χ1n) is 9.45. The highest BCUT2D eigenvalue weighted by molar-refractivity contribution is 7.90. The fourth-order valence-electron chi connectivity index (χ4n) is 3.33. The number of nitro benzene ring substituents is 1. The molecule has 0 amide bonds. The molecule has 0 fully saturated rings. The first-order chi connectivity index (χ1) is 14.7. The topological polar surface area (TPSA) is 132 Å². The van der Waals surface area contributed by atoms with Gasteiger partial charge in [-0.25, -0.2) is 17.9 Å². The van der Waals surface area contributed by atoms with Crippen LogP contribution in [0.4, 0.5) is 17.2 Å². The Morgan fingerprint density at radius 2 is 1.84 bits per heavy atom. The van der Waals surface area contributed by atoms with E-state index in [2.05, 4.69) is 20.7 Å². The molecule has 2 heterocycles. The van der Waals surface area contributed by atoms with E-state index in [4.69, 9.17) is 0 Å². The fraction of sp³-hybridized carbons (Fsp3) is 0.200. The second kappa shape index (κ2) is 7.84. The normalized spacial score (nSPS) is 11.7. The summed E-state index contributed by atoms with van der Waals surface area (Å²) in [5, 5.41) is 23.0. The number of sulfone groups is 1. The molecule has 160 valence electrons. The summed E-state index contributed by atoms with van der Waals surface area (Å²) in [6.07, 6.45) is 1.01. The molecule has 2 N–H and O–H groups in total. The number of benzene rings is 2. The summed E-state index contributed by atoms with van der Waals surface area (Å²) in [4.78, 5) is 15.3. The van der Waals surface area contributed by atoms with Crippen LogP contribution in [0.15, 0.2) is 53.4 Å². The van der Waals surface area contributed by atoms with Gasteiger partial charge in [0.05, 0.1) is 21.0 Å². The molecule has 2 aromatic heterocycles. The van der Waals surface area contributed by atoms with Crippen LogP contribution in [0.2, 0.25) is 0 Å². The molecule has 0 aliphatic carbocycles. The van der Waals surface area contributed by atoms with Crippen molar-refractivity contribution in [3.8, 4) is 0 Å². The minimum atomic E-state index is -3.53. The van der Waals surface area contributed by atoms with Gasteiger partial charge in [0.2, 0.25) is 0 Å². The first-order valence-corrected chi connectivity index (χ1v) is 11.3. The summed E-state index contributed by atoms with van der Waals surface area (Å²) >= 11 is 0. The number of aromatic nitrogens is 3. The van der Waals surface area contributed by atoms with Gasteiger partial charge in [-0.05, 0) is 31.2 Å². The molecule has 0 aliphatic rings. The molecule has 0 bridgehead atoms. The maximum absolute atomic E-state index is 11.7. The molecule has 0 radical (unpaired) electrons. The molecule has 0 aliphatic heterocycles. The van der Waals surface area contributed by atoms with Crippen LogP contribution in [0.25, 0.3) is 16.6 Å². The fourth-order valence-corrected chi connectivity index (χ4v) is 3.97. The van der Waals surface area contributed by atoms with Crippen LogP contribution in [0.5, 0.6) is 0 Å². The number of nitro groups is 1. The second-order valence-corrected chi connectivity index (χ2v) is 9.11. The van der Waals surface area contributed by atoms with Gasteiger partial charge in [0.15, 0.2) is 15.5 Å². The van der Waals surface area contributed by atoms with Gasteiger partial charge in [0.25, 0.3) is 5.69 Å². The van der Waals surface area contributed by atoms with Crippen molar-refractivity contribution in [3.63, 3.8) is 0 Å². The SMILES string of the molecule is Cc1cc2nc(NCCNc3ccc(S(C)(=O)=O)cc3[N+](=O)[O-])c3ccccc3n2n1. The Hall–Kier alpha value is -3.73. The smallest absolute Gasteiger partial charge is 0.293 e. The lowest BCUT2D eigenvalue weighted by Gasteiger charge is -2.12. The van der Waals surface area contributed by atoms with Crippen LogP contribution in [0.3, 0.4) is 0 Å². The van der Waals surface area contributed by atoms with Crippen molar-refractivity contribution in [2.45, 2.75) is 11.8 Å². The quantitative estimate of drug-likeness (QED) is 0.255. The van der Waals surface area contributed by atoms with Crippen molar-refractivity contribution in [1.82, 2.24) is 14.6 Å². The van der Waals surface area contributed by atoms with Crippen LogP contribution in [0, 0.1) is 17.0 Å². The molecular formula is C20H20N6O4S. The van der Waals surface area contributed by atoms with Crippen molar-refractivity contribution in [2.75, 3.05) is 30.0 Å². The van der Waals surface area contributed by atoms with E-state index in [0.29, 0.717) is 18.9 Å². The predicted octanol–water partition coefficient (Wildman–Crippen LogP) is 3.03. The average Bonchev–Trinajstić information content (AvgIpc) is 3.10. The Labute approximate surface area is 178 Å². The molecule has 4 aromatic rings. The first kappa shape index (κ1) is 20.5. The predicted molar refractivity (Wildman–Crippen MR) is 118 cm³/mol. The van der Waals surface area contributed by atoms with Crippen molar-refractivity contribution < 1.29 is 13.3 Å². The van der Waals surface area contributed by atoms with Gasteiger partial charge in [-0.3, -0.25) is 10.1 Å². The van der Waals surface area contributed by atoms with Crippen LogP contribution < -0.4 is 10.6 Å². The zero-order valence-corrected chi connectivity index (χ0v) is 17.7. The molecule has 0 spiro atoms. The maximum Gasteiger partial charge on any atom is 0.293 e. The zero-order chi connectivity index (χ0) is 22.2. The molecular weight excluding hydrogens is 420 g/mol. The lowest BCUT2D eigenvalue weighted by molar-refractivity contribution is -0.384. The highest BCUT2D eigenvalue weighted by atomic mass is 32.2. The van der Waals surface area contributed by atoms with Crippen molar-refractivity contribution in [1.29, 1.82) is 0 Å². The molecule has 0 atom stereocenters. The lowest BCUT2D eigenvalue weighted by atomic mass is 10.2. The van der Waals surface area contributed by atoms with Crippen LogP contribution in [-0.2, 0) is 9.84 Å². The third-order valence-corrected chi connectivity index (χ3v) is 5.86. The minimum absolute atomic E-state index is 0.0945. The number of para-hydroxylation sites is 1. The van der Waals surface area contributed by atoms with E-state index in [1.165, 1.54) is 12.1 Å². The van der Waals surface area contributed by atoms with E-state index in [0.717, 1.165) is 34.6 Å². The number of aryl methyl sites for hydroxylation is 1. The van der Waals surface area contributed by atoms with Crippen molar-refractivity contribution >= 4 is 43.6 Å². The molecule has 0 saturated carbocycles. The highest BCUT2D eigenvalue weighted by Gasteiger charge is 2.18. The summed E-state index contributed by atoms with van der Waals surface area (Å²) in [6, 6.07) is 13.5. The van der Waals surface area contributed by atoms with Gasteiger partial charge in [-0.15, -0.1) is 0 Å². The van der Waals surface area contributed by atoms with Crippen LogP contribution >= 0.6 is 0 Å². The van der Waals surface area contributed by atoms with E-state index >= 15 is 0 Å². The van der Waals surface area contributed by atoms with Crippen LogP contribution in [-0.4, -0.2) is 47.3 Å². The van der Waals surface area contributed by atoms with Crippen molar-refractivity contribution in [2.24, 2.45) is 0 Å². The number of anilines is 2. The number of hydrogen-bond donors (Lipinski definition) is 2. The van der Waals surface area contributed by atoms with Gasteiger partial charge < -0.3 is 10.6 Å². The molecule has 2 aromatic carbocycles. The Morgan fingerprint density at radius 3 is 2.58 bits per heavy atom. The number of rotatable bonds is 7. The van der Waals surface area contributed by atoms with Gasteiger partial charge in [-0.1, -0.05) is 12.1 Å². The third-order valence-electron chi connectivity index (χ3n) is 4.75. The van der Waals surface area contributed by atoms with Crippen molar-refractivity contribution in [3.05, 3.63) is 64.3 Å². The lowest BCUT2D eigenvalue weighted by Crippen LogP contribution is -2.16. The molecule has 31 heavy (non-hydrogen) atoms. The summed E-state index contributed by atoms with van der Waals surface area (Å²) < 4.78 is 25.1.